The largest absolute Gasteiger partial charge is 0.343 e. The summed E-state index contributed by atoms with van der Waals surface area (Å²) in [4.78, 5) is 39.7. The molecule has 1 heterocycles. The fourth-order valence-electron chi connectivity index (χ4n) is 2.64. The van der Waals surface area contributed by atoms with E-state index in [1.807, 2.05) is 24.8 Å². The number of carbonyl (C=O) groups is 3. The van der Waals surface area contributed by atoms with E-state index in [9.17, 15) is 14.4 Å². The molecule has 0 saturated carbocycles. The van der Waals surface area contributed by atoms with E-state index < -0.39 is 0 Å². The number of amides is 3. The third kappa shape index (κ3) is 5.08. The van der Waals surface area contributed by atoms with Crippen LogP contribution in [0.2, 0.25) is 0 Å². The topological polar surface area (TPSA) is 69.7 Å². The zero-order valence-electron chi connectivity index (χ0n) is 14.3. The van der Waals surface area contributed by atoms with Crippen molar-refractivity contribution in [2.75, 3.05) is 32.7 Å². The normalized spacial score (nSPS) is 14.6. The lowest BCUT2D eigenvalue weighted by Crippen LogP contribution is -2.52. The van der Waals surface area contributed by atoms with Crippen LogP contribution in [-0.2, 0) is 9.59 Å². The Kier molecular flexibility index (Phi) is 6.35. The molecule has 2 rings (SSSR count). The van der Waals surface area contributed by atoms with Crippen LogP contribution < -0.4 is 5.32 Å². The van der Waals surface area contributed by atoms with E-state index in [1.54, 1.807) is 29.2 Å². The Morgan fingerprint density at radius 3 is 2.04 bits per heavy atom. The molecule has 0 aliphatic carbocycles. The highest BCUT2D eigenvalue weighted by atomic mass is 16.2. The van der Waals surface area contributed by atoms with Gasteiger partial charge < -0.3 is 15.1 Å². The molecule has 1 N–H and O–H groups in total. The van der Waals surface area contributed by atoms with E-state index in [1.165, 1.54) is 0 Å². The molecule has 6 nitrogen and oxygen atoms in total. The molecule has 0 spiro atoms. The summed E-state index contributed by atoms with van der Waals surface area (Å²) in [6, 6.07) is 8.81. The molecule has 0 bridgehead atoms. The SMILES string of the molecule is CC(C)CC(=O)N1CCN(C(=O)CNC(=O)c2ccccc2)CC1. The lowest BCUT2D eigenvalue weighted by Gasteiger charge is -2.35. The summed E-state index contributed by atoms with van der Waals surface area (Å²) in [5.74, 6) is 0.116. The first-order chi connectivity index (χ1) is 11.5. The molecule has 24 heavy (non-hydrogen) atoms. The van der Waals surface area contributed by atoms with Gasteiger partial charge in [0, 0.05) is 38.2 Å². The Bertz CT molecular complexity index is 578. The first-order valence-corrected chi connectivity index (χ1v) is 8.36. The fourth-order valence-corrected chi connectivity index (χ4v) is 2.64. The van der Waals surface area contributed by atoms with Gasteiger partial charge in [-0.15, -0.1) is 0 Å². The second kappa shape index (κ2) is 8.47. The molecule has 1 aliphatic rings. The smallest absolute Gasteiger partial charge is 0.251 e. The molecular formula is C18H25N3O3. The van der Waals surface area contributed by atoms with E-state index in [0.717, 1.165) is 0 Å². The molecule has 130 valence electrons. The van der Waals surface area contributed by atoms with Crippen molar-refractivity contribution in [2.45, 2.75) is 20.3 Å². The van der Waals surface area contributed by atoms with E-state index in [4.69, 9.17) is 0 Å². The average Bonchev–Trinajstić information content (AvgIpc) is 2.59. The molecule has 1 aromatic rings. The zero-order valence-corrected chi connectivity index (χ0v) is 14.3. The number of nitrogens with zero attached hydrogens (tertiary/aromatic N) is 2. The number of nitrogens with one attached hydrogen (secondary N) is 1. The van der Waals surface area contributed by atoms with Crippen molar-refractivity contribution >= 4 is 17.7 Å². The summed E-state index contributed by atoms with van der Waals surface area (Å²) in [5.41, 5.74) is 0.536. The summed E-state index contributed by atoms with van der Waals surface area (Å²) >= 11 is 0. The molecule has 1 aliphatic heterocycles. The van der Waals surface area contributed by atoms with Crippen LogP contribution in [-0.4, -0.2) is 60.2 Å². The Balaban J connectivity index is 1.75. The monoisotopic (exact) mass is 331 g/mol. The van der Waals surface area contributed by atoms with Gasteiger partial charge in [0.25, 0.3) is 5.91 Å². The van der Waals surface area contributed by atoms with Crippen LogP contribution in [0.3, 0.4) is 0 Å². The van der Waals surface area contributed by atoms with Crippen LogP contribution in [0.1, 0.15) is 30.6 Å². The number of carbonyl (C=O) groups excluding carboxylic acids is 3. The predicted octanol–water partition coefficient (Wildman–Crippen LogP) is 1.13. The highest BCUT2D eigenvalue weighted by molar-refractivity contribution is 5.96. The lowest BCUT2D eigenvalue weighted by atomic mass is 10.1. The quantitative estimate of drug-likeness (QED) is 0.879. The zero-order chi connectivity index (χ0) is 17.5. The maximum atomic E-state index is 12.2. The molecule has 1 saturated heterocycles. The van der Waals surface area contributed by atoms with E-state index in [0.29, 0.717) is 44.1 Å². The van der Waals surface area contributed by atoms with Crippen molar-refractivity contribution in [3.63, 3.8) is 0 Å². The average molecular weight is 331 g/mol. The second-order valence-electron chi connectivity index (χ2n) is 6.41. The van der Waals surface area contributed by atoms with Gasteiger partial charge in [-0.3, -0.25) is 14.4 Å². The minimum atomic E-state index is -0.255. The molecule has 6 heteroatoms. The molecule has 1 fully saturated rings. The van der Waals surface area contributed by atoms with Gasteiger partial charge >= 0.3 is 0 Å². The summed E-state index contributed by atoms with van der Waals surface area (Å²) < 4.78 is 0. The van der Waals surface area contributed by atoms with E-state index >= 15 is 0 Å². The van der Waals surface area contributed by atoms with Gasteiger partial charge in [0.2, 0.25) is 11.8 Å². The van der Waals surface area contributed by atoms with Crippen molar-refractivity contribution in [2.24, 2.45) is 5.92 Å². The van der Waals surface area contributed by atoms with Crippen LogP contribution in [0.15, 0.2) is 30.3 Å². The number of piperazine rings is 1. The van der Waals surface area contributed by atoms with Gasteiger partial charge in [0.05, 0.1) is 6.54 Å². The molecule has 3 amide bonds. The van der Waals surface area contributed by atoms with Crippen molar-refractivity contribution in [1.82, 2.24) is 15.1 Å². The summed E-state index contributed by atoms with van der Waals surface area (Å²) in [6.45, 7) is 6.18. The molecule has 0 radical (unpaired) electrons. The van der Waals surface area contributed by atoms with E-state index in [-0.39, 0.29) is 24.3 Å². The van der Waals surface area contributed by atoms with Crippen molar-refractivity contribution in [1.29, 1.82) is 0 Å². The number of rotatable bonds is 5. The Morgan fingerprint density at radius 2 is 1.50 bits per heavy atom. The van der Waals surface area contributed by atoms with Gasteiger partial charge in [-0.05, 0) is 18.1 Å². The number of hydrogen-bond donors (Lipinski definition) is 1. The standard InChI is InChI=1S/C18H25N3O3/c1-14(2)12-16(22)20-8-10-21(11-9-20)17(23)13-19-18(24)15-6-4-3-5-7-15/h3-7,14H,8-13H2,1-2H3,(H,19,24). The van der Waals surface area contributed by atoms with Crippen molar-refractivity contribution in [3.05, 3.63) is 35.9 Å². The maximum absolute atomic E-state index is 12.2. The maximum Gasteiger partial charge on any atom is 0.251 e. The van der Waals surface area contributed by atoms with Crippen LogP contribution in [0.5, 0.6) is 0 Å². The van der Waals surface area contributed by atoms with Crippen molar-refractivity contribution < 1.29 is 14.4 Å². The predicted molar refractivity (Wildman–Crippen MR) is 91.4 cm³/mol. The van der Waals surface area contributed by atoms with E-state index in [2.05, 4.69) is 5.32 Å². The first kappa shape index (κ1) is 18.0. The summed E-state index contributed by atoms with van der Waals surface area (Å²) in [6.07, 6.45) is 0.543. The number of hydrogen-bond acceptors (Lipinski definition) is 3. The highest BCUT2D eigenvalue weighted by Gasteiger charge is 2.24. The third-order valence-corrected chi connectivity index (χ3v) is 4.00. The number of benzene rings is 1. The minimum Gasteiger partial charge on any atom is -0.343 e. The Hall–Kier alpha value is -2.37. The molecular weight excluding hydrogens is 306 g/mol. The van der Waals surface area contributed by atoms with Crippen molar-refractivity contribution in [3.8, 4) is 0 Å². The van der Waals surface area contributed by atoms with Gasteiger partial charge in [-0.2, -0.15) is 0 Å². The summed E-state index contributed by atoms with van der Waals surface area (Å²) in [5, 5.41) is 2.65. The van der Waals surface area contributed by atoms with Crippen LogP contribution >= 0.6 is 0 Å². The molecule has 0 unspecified atom stereocenters. The van der Waals surface area contributed by atoms with Crippen LogP contribution in [0, 0.1) is 5.92 Å². The first-order valence-electron chi connectivity index (χ1n) is 8.36. The molecule has 1 aromatic carbocycles. The Labute approximate surface area is 142 Å². The highest BCUT2D eigenvalue weighted by Crippen LogP contribution is 2.08. The fraction of sp³-hybridized carbons (Fsp3) is 0.500. The second-order valence-corrected chi connectivity index (χ2v) is 6.41. The lowest BCUT2D eigenvalue weighted by molar-refractivity contribution is -0.139. The third-order valence-electron chi connectivity index (χ3n) is 4.00. The van der Waals surface area contributed by atoms with Gasteiger partial charge in [0.1, 0.15) is 0 Å². The van der Waals surface area contributed by atoms with Gasteiger partial charge in [-0.25, -0.2) is 0 Å². The minimum absolute atomic E-state index is 0.0202. The van der Waals surface area contributed by atoms with Gasteiger partial charge in [0.15, 0.2) is 0 Å². The molecule has 0 atom stereocenters. The Morgan fingerprint density at radius 1 is 0.958 bits per heavy atom. The molecule has 0 aromatic heterocycles. The summed E-state index contributed by atoms with van der Waals surface area (Å²) in [7, 11) is 0. The van der Waals surface area contributed by atoms with Crippen LogP contribution in [0.25, 0.3) is 0 Å². The van der Waals surface area contributed by atoms with Gasteiger partial charge in [-0.1, -0.05) is 32.0 Å². The van der Waals surface area contributed by atoms with Crippen LogP contribution in [0.4, 0.5) is 0 Å².